The monoisotopic (exact) mass is 260 g/mol. The van der Waals surface area contributed by atoms with Gasteiger partial charge in [0.05, 0.1) is 0 Å². The Kier molecular flexibility index (Phi) is 4.64. The first-order chi connectivity index (χ1) is 9.03. The van der Waals surface area contributed by atoms with Crippen molar-refractivity contribution in [2.24, 2.45) is 17.6 Å². The average molecular weight is 260 g/mol. The van der Waals surface area contributed by atoms with E-state index in [0.29, 0.717) is 6.54 Å². The van der Waals surface area contributed by atoms with Crippen molar-refractivity contribution in [1.82, 2.24) is 4.90 Å². The second-order valence-electron chi connectivity index (χ2n) is 6.77. The molecule has 106 valence electrons. The van der Waals surface area contributed by atoms with Crippen molar-refractivity contribution in [3.05, 3.63) is 35.9 Å². The summed E-state index contributed by atoms with van der Waals surface area (Å²) in [5, 5.41) is 0. The van der Waals surface area contributed by atoms with Crippen LogP contribution in [0.4, 0.5) is 0 Å². The van der Waals surface area contributed by atoms with Crippen molar-refractivity contribution in [3.8, 4) is 0 Å². The van der Waals surface area contributed by atoms with Crippen molar-refractivity contribution in [3.63, 3.8) is 0 Å². The molecule has 1 heterocycles. The molecule has 1 aromatic carbocycles. The maximum absolute atomic E-state index is 6.10. The summed E-state index contributed by atoms with van der Waals surface area (Å²) in [5.41, 5.74) is 7.53. The predicted octanol–water partition coefficient (Wildman–Crippen LogP) is 2.88. The lowest BCUT2D eigenvalue weighted by Gasteiger charge is -2.41. The van der Waals surface area contributed by atoms with Gasteiger partial charge in [-0.25, -0.2) is 0 Å². The van der Waals surface area contributed by atoms with Crippen LogP contribution in [0.1, 0.15) is 32.8 Å². The van der Waals surface area contributed by atoms with Gasteiger partial charge in [0, 0.05) is 31.6 Å². The van der Waals surface area contributed by atoms with E-state index in [1.807, 2.05) is 0 Å². The van der Waals surface area contributed by atoms with Crippen LogP contribution in [0.15, 0.2) is 30.3 Å². The Bertz CT molecular complexity index is 380. The number of nitrogens with two attached hydrogens (primary N) is 1. The zero-order chi connectivity index (χ0) is 13.9. The molecular weight excluding hydrogens is 232 g/mol. The summed E-state index contributed by atoms with van der Waals surface area (Å²) in [4.78, 5) is 2.61. The number of hydrogen-bond acceptors (Lipinski definition) is 2. The molecule has 0 spiro atoms. The van der Waals surface area contributed by atoms with E-state index in [4.69, 9.17) is 5.73 Å². The van der Waals surface area contributed by atoms with Crippen LogP contribution in [0, 0.1) is 11.8 Å². The summed E-state index contributed by atoms with van der Waals surface area (Å²) < 4.78 is 0. The van der Waals surface area contributed by atoms with Gasteiger partial charge < -0.3 is 10.6 Å². The smallest absolute Gasteiger partial charge is 0.0174 e. The highest BCUT2D eigenvalue weighted by Gasteiger charge is 2.31. The first-order valence-corrected chi connectivity index (χ1v) is 7.51. The van der Waals surface area contributed by atoms with Crippen LogP contribution in [0.2, 0.25) is 0 Å². The van der Waals surface area contributed by atoms with Gasteiger partial charge in [-0.2, -0.15) is 0 Å². The van der Waals surface area contributed by atoms with Gasteiger partial charge in [-0.1, -0.05) is 51.1 Å². The van der Waals surface area contributed by atoms with E-state index in [2.05, 4.69) is 56.0 Å². The van der Waals surface area contributed by atoms with E-state index in [0.717, 1.165) is 18.4 Å². The van der Waals surface area contributed by atoms with Crippen molar-refractivity contribution >= 4 is 0 Å². The Morgan fingerprint density at radius 1 is 1.16 bits per heavy atom. The van der Waals surface area contributed by atoms with E-state index in [9.17, 15) is 0 Å². The quantitative estimate of drug-likeness (QED) is 0.902. The normalized spacial score (nSPS) is 28.0. The fourth-order valence-electron chi connectivity index (χ4n) is 3.53. The second kappa shape index (κ2) is 6.06. The summed E-state index contributed by atoms with van der Waals surface area (Å²) in [5.74, 6) is 1.61. The second-order valence-corrected chi connectivity index (χ2v) is 6.77. The molecule has 1 saturated heterocycles. The van der Waals surface area contributed by atoms with Gasteiger partial charge in [-0.05, 0) is 23.8 Å². The maximum Gasteiger partial charge on any atom is 0.0174 e. The average Bonchev–Trinajstić information content (AvgIpc) is 2.38. The minimum Gasteiger partial charge on any atom is -0.330 e. The fraction of sp³-hybridized carbons (Fsp3) is 0.647. The van der Waals surface area contributed by atoms with Crippen molar-refractivity contribution in [1.29, 1.82) is 0 Å². The number of nitrogens with zero attached hydrogens (tertiary/aromatic N) is 1. The standard InChI is InChI=1S/C17H28N2/c1-14-9-15(2)11-19(10-14)13-17(3,12-18)16-7-5-4-6-8-16/h4-8,14-15H,9-13,18H2,1-3H3. The van der Waals surface area contributed by atoms with Crippen molar-refractivity contribution in [2.45, 2.75) is 32.6 Å². The Hall–Kier alpha value is -0.860. The highest BCUT2D eigenvalue weighted by molar-refractivity contribution is 5.25. The molecule has 2 rings (SSSR count). The lowest BCUT2D eigenvalue weighted by Crippen LogP contribution is -2.48. The number of likely N-dealkylation sites (tertiary alicyclic amines) is 1. The zero-order valence-corrected chi connectivity index (χ0v) is 12.6. The van der Waals surface area contributed by atoms with E-state index in [1.165, 1.54) is 25.1 Å². The largest absolute Gasteiger partial charge is 0.330 e. The summed E-state index contributed by atoms with van der Waals surface area (Å²) >= 11 is 0. The van der Waals surface area contributed by atoms with Gasteiger partial charge >= 0.3 is 0 Å². The van der Waals surface area contributed by atoms with E-state index in [1.54, 1.807) is 0 Å². The molecule has 0 aliphatic carbocycles. The van der Waals surface area contributed by atoms with Gasteiger partial charge in [-0.15, -0.1) is 0 Å². The molecule has 3 unspecified atom stereocenters. The SMILES string of the molecule is CC1CC(C)CN(CC(C)(CN)c2ccccc2)C1. The van der Waals surface area contributed by atoms with E-state index in [-0.39, 0.29) is 5.41 Å². The summed E-state index contributed by atoms with van der Waals surface area (Å²) in [7, 11) is 0. The molecule has 1 aliphatic rings. The summed E-state index contributed by atoms with van der Waals surface area (Å²) in [6.45, 7) is 11.2. The number of piperidine rings is 1. The van der Waals surface area contributed by atoms with Crippen LogP contribution in [-0.2, 0) is 5.41 Å². The van der Waals surface area contributed by atoms with Gasteiger partial charge in [0.2, 0.25) is 0 Å². The Labute approximate surface area is 118 Å². The molecule has 0 saturated carbocycles. The predicted molar refractivity (Wildman–Crippen MR) is 82.2 cm³/mol. The molecule has 0 bridgehead atoms. The molecule has 1 fully saturated rings. The maximum atomic E-state index is 6.10. The molecule has 0 amide bonds. The third-order valence-electron chi connectivity index (χ3n) is 4.44. The van der Waals surface area contributed by atoms with Crippen LogP contribution < -0.4 is 5.73 Å². The molecule has 1 aliphatic heterocycles. The van der Waals surface area contributed by atoms with Crippen LogP contribution in [0.3, 0.4) is 0 Å². The van der Waals surface area contributed by atoms with Crippen molar-refractivity contribution < 1.29 is 0 Å². The minimum absolute atomic E-state index is 0.0675. The molecule has 1 aromatic rings. The molecular formula is C17H28N2. The van der Waals surface area contributed by atoms with E-state index < -0.39 is 0 Å². The molecule has 0 aromatic heterocycles. The fourth-order valence-corrected chi connectivity index (χ4v) is 3.53. The Morgan fingerprint density at radius 3 is 2.26 bits per heavy atom. The summed E-state index contributed by atoms with van der Waals surface area (Å²) in [6, 6.07) is 10.7. The first-order valence-electron chi connectivity index (χ1n) is 7.51. The van der Waals surface area contributed by atoms with Gasteiger partial charge in [0.1, 0.15) is 0 Å². The molecule has 2 nitrogen and oxygen atoms in total. The van der Waals surface area contributed by atoms with Crippen LogP contribution in [0.25, 0.3) is 0 Å². The third kappa shape index (κ3) is 3.58. The van der Waals surface area contributed by atoms with Crippen LogP contribution in [0.5, 0.6) is 0 Å². The highest BCUT2D eigenvalue weighted by atomic mass is 15.1. The summed E-state index contributed by atoms with van der Waals surface area (Å²) in [6.07, 6.45) is 1.36. The van der Waals surface area contributed by atoms with Gasteiger partial charge in [0.25, 0.3) is 0 Å². The molecule has 2 heteroatoms. The first kappa shape index (κ1) is 14.5. The Balaban J connectivity index is 2.10. The third-order valence-corrected chi connectivity index (χ3v) is 4.44. The van der Waals surface area contributed by atoms with E-state index >= 15 is 0 Å². The van der Waals surface area contributed by atoms with Crippen LogP contribution >= 0.6 is 0 Å². The molecule has 0 radical (unpaired) electrons. The molecule has 2 N–H and O–H groups in total. The highest BCUT2D eigenvalue weighted by Crippen LogP contribution is 2.28. The van der Waals surface area contributed by atoms with Crippen LogP contribution in [-0.4, -0.2) is 31.1 Å². The van der Waals surface area contributed by atoms with Gasteiger partial charge in [0.15, 0.2) is 0 Å². The van der Waals surface area contributed by atoms with Gasteiger partial charge in [-0.3, -0.25) is 0 Å². The van der Waals surface area contributed by atoms with Crippen molar-refractivity contribution in [2.75, 3.05) is 26.2 Å². The molecule has 3 atom stereocenters. The lowest BCUT2D eigenvalue weighted by atomic mass is 9.80. The zero-order valence-electron chi connectivity index (χ0n) is 12.6. The molecule has 19 heavy (non-hydrogen) atoms. The lowest BCUT2D eigenvalue weighted by molar-refractivity contribution is 0.116. The topological polar surface area (TPSA) is 29.3 Å². The minimum atomic E-state index is 0.0675. The number of hydrogen-bond donors (Lipinski definition) is 1. The number of rotatable bonds is 4. The number of benzene rings is 1. The Morgan fingerprint density at radius 2 is 1.74 bits per heavy atom.